The highest BCUT2D eigenvalue weighted by atomic mass is 32.1. The molecule has 22 heavy (non-hydrogen) atoms. The Labute approximate surface area is 132 Å². The molecule has 0 saturated carbocycles. The van der Waals surface area contributed by atoms with Gasteiger partial charge in [0.15, 0.2) is 10.9 Å². The largest absolute Gasteiger partial charge is 0.399 e. The van der Waals surface area contributed by atoms with Crippen LogP contribution in [0.15, 0.2) is 53.9 Å². The minimum atomic E-state index is 0.0615. The molecule has 0 fully saturated rings. The first kappa shape index (κ1) is 14.3. The first-order valence-corrected chi connectivity index (χ1v) is 7.69. The Bertz CT molecular complexity index is 792. The zero-order valence-corrected chi connectivity index (χ0v) is 12.9. The average Bonchev–Trinajstić information content (AvgIpc) is 2.97. The number of anilines is 3. The van der Waals surface area contributed by atoms with Crippen molar-refractivity contribution in [2.45, 2.75) is 6.92 Å². The smallest absolute Gasteiger partial charge is 0.187 e. The molecule has 1 aromatic heterocycles. The number of nitrogen functional groups attached to an aromatic ring is 1. The molecule has 0 unspecified atom stereocenters. The molecular formula is C17H15N3OS. The van der Waals surface area contributed by atoms with Crippen molar-refractivity contribution in [3.8, 4) is 11.3 Å². The lowest BCUT2D eigenvalue weighted by Gasteiger charge is -2.03. The van der Waals surface area contributed by atoms with Crippen LogP contribution >= 0.6 is 11.3 Å². The molecule has 3 N–H and O–H groups in total. The minimum absolute atomic E-state index is 0.0615. The molecule has 3 rings (SSSR count). The summed E-state index contributed by atoms with van der Waals surface area (Å²) in [6.07, 6.45) is 0. The molecule has 0 aliphatic carbocycles. The van der Waals surface area contributed by atoms with E-state index in [1.165, 1.54) is 11.3 Å². The number of thiazole rings is 1. The number of nitrogens with two attached hydrogens (primary N) is 1. The van der Waals surface area contributed by atoms with Gasteiger partial charge in [0, 0.05) is 27.9 Å². The summed E-state index contributed by atoms with van der Waals surface area (Å²) in [5.41, 5.74) is 9.98. The zero-order valence-electron chi connectivity index (χ0n) is 12.0. The molecule has 0 bridgehead atoms. The quantitative estimate of drug-likeness (QED) is 0.556. The number of Topliss-reactive ketones (excluding diaryl/α,β-unsaturated/α-hetero) is 1. The highest BCUT2D eigenvalue weighted by Gasteiger charge is 2.05. The van der Waals surface area contributed by atoms with E-state index in [2.05, 4.69) is 10.3 Å². The third kappa shape index (κ3) is 3.15. The molecule has 0 spiro atoms. The fourth-order valence-electron chi connectivity index (χ4n) is 2.03. The van der Waals surface area contributed by atoms with E-state index in [0.29, 0.717) is 5.56 Å². The highest BCUT2D eigenvalue weighted by Crippen LogP contribution is 2.27. The summed E-state index contributed by atoms with van der Waals surface area (Å²) in [6, 6.07) is 15.0. The van der Waals surface area contributed by atoms with Crippen LogP contribution in [0.2, 0.25) is 0 Å². The van der Waals surface area contributed by atoms with Gasteiger partial charge in [-0.2, -0.15) is 0 Å². The number of carbonyl (C=O) groups is 1. The Morgan fingerprint density at radius 2 is 1.77 bits per heavy atom. The van der Waals surface area contributed by atoms with Crippen molar-refractivity contribution < 1.29 is 4.79 Å². The van der Waals surface area contributed by atoms with E-state index in [9.17, 15) is 4.79 Å². The first-order valence-electron chi connectivity index (χ1n) is 6.81. The molecule has 2 aromatic carbocycles. The van der Waals surface area contributed by atoms with E-state index in [4.69, 9.17) is 5.73 Å². The van der Waals surface area contributed by atoms with Gasteiger partial charge in [-0.25, -0.2) is 4.98 Å². The molecule has 0 atom stereocenters. The van der Waals surface area contributed by atoms with Crippen molar-refractivity contribution in [3.63, 3.8) is 0 Å². The van der Waals surface area contributed by atoms with Crippen molar-refractivity contribution in [3.05, 3.63) is 59.5 Å². The fraction of sp³-hybridized carbons (Fsp3) is 0.0588. The first-order chi connectivity index (χ1) is 10.6. The predicted octanol–water partition coefficient (Wildman–Crippen LogP) is 4.34. The minimum Gasteiger partial charge on any atom is -0.399 e. The zero-order chi connectivity index (χ0) is 15.5. The van der Waals surface area contributed by atoms with E-state index in [1.807, 2.05) is 41.8 Å². The lowest BCUT2D eigenvalue weighted by Crippen LogP contribution is -1.93. The molecule has 4 nitrogen and oxygen atoms in total. The second-order valence-electron chi connectivity index (χ2n) is 4.92. The summed E-state index contributed by atoms with van der Waals surface area (Å²) in [5, 5.41) is 6.05. The van der Waals surface area contributed by atoms with Gasteiger partial charge in [0.2, 0.25) is 0 Å². The van der Waals surface area contributed by atoms with Gasteiger partial charge in [0.1, 0.15) is 0 Å². The van der Waals surface area contributed by atoms with Crippen molar-refractivity contribution in [2.24, 2.45) is 0 Å². The van der Waals surface area contributed by atoms with E-state index in [-0.39, 0.29) is 5.78 Å². The van der Waals surface area contributed by atoms with Crippen LogP contribution in [0, 0.1) is 0 Å². The third-order valence-electron chi connectivity index (χ3n) is 3.25. The second-order valence-corrected chi connectivity index (χ2v) is 5.78. The number of carbonyl (C=O) groups excluding carboxylic acids is 1. The lowest BCUT2D eigenvalue weighted by molar-refractivity contribution is 0.101. The molecule has 110 valence electrons. The number of hydrogen-bond acceptors (Lipinski definition) is 5. The third-order valence-corrected chi connectivity index (χ3v) is 4.01. The predicted molar refractivity (Wildman–Crippen MR) is 91.7 cm³/mol. The van der Waals surface area contributed by atoms with Crippen molar-refractivity contribution in [2.75, 3.05) is 11.1 Å². The van der Waals surface area contributed by atoms with E-state index in [0.717, 1.165) is 27.8 Å². The summed E-state index contributed by atoms with van der Waals surface area (Å²) in [5.74, 6) is 0.0615. The Kier molecular flexibility index (Phi) is 3.89. The Hall–Kier alpha value is -2.66. The monoisotopic (exact) mass is 309 g/mol. The number of nitrogens with zero attached hydrogens (tertiary/aromatic N) is 1. The molecule has 0 aliphatic heterocycles. The van der Waals surface area contributed by atoms with E-state index < -0.39 is 0 Å². The van der Waals surface area contributed by atoms with Crippen molar-refractivity contribution in [1.82, 2.24) is 4.98 Å². The van der Waals surface area contributed by atoms with Crippen LogP contribution in [-0.4, -0.2) is 10.8 Å². The van der Waals surface area contributed by atoms with Gasteiger partial charge in [-0.05, 0) is 43.3 Å². The topological polar surface area (TPSA) is 68.0 Å². The fourth-order valence-corrected chi connectivity index (χ4v) is 2.77. The van der Waals surface area contributed by atoms with Crippen LogP contribution in [0.1, 0.15) is 17.3 Å². The van der Waals surface area contributed by atoms with Gasteiger partial charge < -0.3 is 11.1 Å². The van der Waals surface area contributed by atoms with Crippen LogP contribution in [0.5, 0.6) is 0 Å². The van der Waals surface area contributed by atoms with Gasteiger partial charge in [-0.1, -0.05) is 12.1 Å². The van der Waals surface area contributed by atoms with Crippen LogP contribution in [-0.2, 0) is 0 Å². The number of nitrogens with one attached hydrogen (secondary N) is 1. The number of benzene rings is 2. The summed E-state index contributed by atoms with van der Waals surface area (Å²) in [4.78, 5) is 15.8. The van der Waals surface area contributed by atoms with Crippen molar-refractivity contribution in [1.29, 1.82) is 0 Å². The second kappa shape index (κ2) is 5.99. The van der Waals surface area contributed by atoms with Crippen LogP contribution in [0.3, 0.4) is 0 Å². The van der Waals surface area contributed by atoms with Crippen LogP contribution in [0.25, 0.3) is 11.3 Å². The van der Waals surface area contributed by atoms with Crippen LogP contribution < -0.4 is 11.1 Å². The molecule has 0 amide bonds. The number of hydrogen-bond donors (Lipinski definition) is 2. The number of aromatic nitrogens is 1. The molecular weight excluding hydrogens is 294 g/mol. The van der Waals surface area contributed by atoms with Gasteiger partial charge in [-0.3, -0.25) is 4.79 Å². The number of rotatable bonds is 4. The van der Waals surface area contributed by atoms with Gasteiger partial charge in [0.05, 0.1) is 5.69 Å². The summed E-state index contributed by atoms with van der Waals surface area (Å²) in [6.45, 7) is 1.56. The normalized spacial score (nSPS) is 10.4. The maximum Gasteiger partial charge on any atom is 0.187 e. The summed E-state index contributed by atoms with van der Waals surface area (Å²) < 4.78 is 0. The lowest BCUT2D eigenvalue weighted by atomic mass is 10.1. The van der Waals surface area contributed by atoms with Gasteiger partial charge in [-0.15, -0.1) is 11.3 Å². The summed E-state index contributed by atoms with van der Waals surface area (Å²) in [7, 11) is 0. The maximum absolute atomic E-state index is 11.3. The molecule has 5 heteroatoms. The molecule has 0 saturated heterocycles. The molecule has 1 heterocycles. The SMILES string of the molecule is CC(=O)c1ccc(Nc2nc(-c3ccc(N)cc3)cs2)cc1. The Morgan fingerprint density at radius 1 is 1.09 bits per heavy atom. The maximum atomic E-state index is 11.3. The number of ketones is 1. The standard InChI is InChI=1S/C17H15N3OS/c1-11(21)12-4-8-15(9-5-12)19-17-20-16(10-22-17)13-2-6-14(18)7-3-13/h2-10H,18H2,1H3,(H,19,20). The Morgan fingerprint density at radius 3 is 2.41 bits per heavy atom. The van der Waals surface area contributed by atoms with Crippen molar-refractivity contribution >= 4 is 33.6 Å². The van der Waals surface area contributed by atoms with E-state index >= 15 is 0 Å². The van der Waals surface area contributed by atoms with Crippen LogP contribution in [0.4, 0.5) is 16.5 Å². The summed E-state index contributed by atoms with van der Waals surface area (Å²) >= 11 is 1.53. The molecule has 3 aromatic rings. The molecule has 0 aliphatic rings. The highest BCUT2D eigenvalue weighted by molar-refractivity contribution is 7.14. The Balaban J connectivity index is 1.76. The molecule has 0 radical (unpaired) electrons. The van der Waals surface area contributed by atoms with Gasteiger partial charge >= 0.3 is 0 Å². The average molecular weight is 309 g/mol. The van der Waals surface area contributed by atoms with Gasteiger partial charge in [0.25, 0.3) is 0 Å². The van der Waals surface area contributed by atoms with E-state index in [1.54, 1.807) is 19.1 Å².